The smallest absolute Gasteiger partial charge is 0.258 e. The number of aryl methyl sites for hydroxylation is 1. The summed E-state index contributed by atoms with van der Waals surface area (Å²) in [5.41, 5.74) is 8.84. The molecule has 0 aliphatic heterocycles. The largest absolute Gasteiger partial charge is 0.508 e. The number of anilines is 1. The van der Waals surface area contributed by atoms with Crippen LogP contribution in [0.25, 0.3) is 0 Å². The van der Waals surface area contributed by atoms with Crippen molar-refractivity contribution in [2.75, 3.05) is 11.4 Å². The van der Waals surface area contributed by atoms with Crippen LogP contribution in [0.2, 0.25) is 0 Å². The van der Waals surface area contributed by atoms with Crippen molar-refractivity contribution in [3.8, 4) is 5.75 Å². The quantitative estimate of drug-likeness (QED) is 0.907. The molecule has 0 heterocycles. The summed E-state index contributed by atoms with van der Waals surface area (Å²) in [7, 11) is 0. The Kier molecular flexibility index (Phi) is 4.60. The van der Waals surface area contributed by atoms with E-state index in [2.05, 4.69) is 0 Å². The zero-order valence-electron chi connectivity index (χ0n) is 12.3. The van der Waals surface area contributed by atoms with E-state index in [4.69, 9.17) is 5.73 Å². The molecule has 0 bridgehead atoms. The topological polar surface area (TPSA) is 66.6 Å². The molecule has 110 valence electrons. The number of nitrogens with zero attached hydrogens (tertiary/aromatic N) is 1. The third-order valence-electron chi connectivity index (χ3n) is 3.48. The average molecular weight is 284 g/mol. The molecule has 0 saturated heterocycles. The second-order valence-corrected chi connectivity index (χ2v) is 4.92. The van der Waals surface area contributed by atoms with Crippen LogP contribution in [0.4, 0.5) is 5.69 Å². The average Bonchev–Trinajstić information content (AvgIpc) is 2.51. The van der Waals surface area contributed by atoms with Gasteiger partial charge in [0.25, 0.3) is 5.91 Å². The first-order valence-electron chi connectivity index (χ1n) is 6.97. The molecule has 0 aromatic heterocycles. The maximum absolute atomic E-state index is 12.7. The summed E-state index contributed by atoms with van der Waals surface area (Å²) in [5.74, 6) is 0.0649. The van der Waals surface area contributed by atoms with E-state index in [-0.39, 0.29) is 11.7 Å². The number of benzene rings is 2. The van der Waals surface area contributed by atoms with Gasteiger partial charge in [0.15, 0.2) is 0 Å². The Labute approximate surface area is 124 Å². The highest BCUT2D eigenvalue weighted by atomic mass is 16.3. The number of carbonyl (C=O) groups is 1. The van der Waals surface area contributed by atoms with Gasteiger partial charge in [-0.1, -0.05) is 18.2 Å². The number of amides is 1. The van der Waals surface area contributed by atoms with E-state index in [1.54, 1.807) is 35.2 Å². The van der Waals surface area contributed by atoms with Crippen molar-refractivity contribution in [2.45, 2.75) is 20.4 Å². The highest BCUT2D eigenvalue weighted by molar-refractivity contribution is 6.06. The molecule has 0 aliphatic rings. The Balaban J connectivity index is 2.35. The summed E-state index contributed by atoms with van der Waals surface area (Å²) in [6.45, 7) is 4.82. The van der Waals surface area contributed by atoms with Crippen LogP contribution in [0.5, 0.6) is 5.75 Å². The van der Waals surface area contributed by atoms with Gasteiger partial charge in [-0.05, 0) is 43.2 Å². The van der Waals surface area contributed by atoms with Gasteiger partial charge in [0.1, 0.15) is 5.75 Å². The van der Waals surface area contributed by atoms with Crippen LogP contribution in [0, 0.1) is 6.92 Å². The Morgan fingerprint density at radius 2 is 1.86 bits per heavy atom. The van der Waals surface area contributed by atoms with Gasteiger partial charge in [0, 0.05) is 24.7 Å². The molecule has 3 N–H and O–H groups in total. The van der Waals surface area contributed by atoms with Crippen LogP contribution in [0.1, 0.15) is 28.4 Å². The van der Waals surface area contributed by atoms with Crippen molar-refractivity contribution in [1.29, 1.82) is 0 Å². The summed E-state index contributed by atoms with van der Waals surface area (Å²) in [6, 6.07) is 12.3. The molecule has 2 rings (SSSR count). The van der Waals surface area contributed by atoms with Gasteiger partial charge < -0.3 is 15.7 Å². The van der Waals surface area contributed by atoms with Gasteiger partial charge in [-0.25, -0.2) is 0 Å². The SMILES string of the molecule is CCN(C(=O)c1ccc(CN)cc1)c1cc(O)ccc1C. The second-order valence-electron chi connectivity index (χ2n) is 4.92. The fourth-order valence-corrected chi connectivity index (χ4v) is 2.25. The number of nitrogens with two attached hydrogens (primary N) is 1. The molecule has 0 fully saturated rings. The van der Waals surface area contributed by atoms with Crippen LogP contribution >= 0.6 is 0 Å². The number of rotatable bonds is 4. The van der Waals surface area contributed by atoms with Crippen LogP contribution in [-0.4, -0.2) is 17.6 Å². The summed E-state index contributed by atoms with van der Waals surface area (Å²) >= 11 is 0. The van der Waals surface area contributed by atoms with Crippen molar-refractivity contribution in [3.63, 3.8) is 0 Å². The number of hydrogen-bond acceptors (Lipinski definition) is 3. The van der Waals surface area contributed by atoms with Gasteiger partial charge in [0.2, 0.25) is 0 Å². The summed E-state index contributed by atoms with van der Waals surface area (Å²) in [6.07, 6.45) is 0. The molecule has 2 aromatic carbocycles. The molecule has 4 nitrogen and oxygen atoms in total. The van der Waals surface area contributed by atoms with Gasteiger partial charge in [0.05, 0.1) is 5.69 Å². The molecule has 2 aromatic rings. The molecule has 0 radical (unpaired) electrons. The fourth-order valence-electron chi connectivity index (χ4n) is 2.25. The first kappa shape index (κ1) is 15.1. The Bertz CT molecular complexity index is 636. The lowest BCUT2D eigenvalue weighted by atomic mass is 10.1. The van der Waals surface area contributed by atoms with E-state index in [9.17, 15) is 9.90 Å². The van der Waals surface area contributed by atoms with Crippen LogP contribution in [0.15, 0.2) is 42.5 Å². The number of phenolic OH excluding ortho intramolecular Hbond substituents is 1. The number of carbonyl (C=O) groups excluding carboxylic acids is 1. The van der Waals surface area contributed by atoms with E-state index in [1.807, 2.05) is 26.0 Å². The number of aromatic hydroxyl groups is 1. The van der Waals surface area contributed by atoms with Crippen molar-refractivity contribution in [3.05, 3.63) is 59.2 Å². The minimum Gasteiger partial charge on any atom is -0.508 e. The van der Waals surface area contributed by atoms with E-state index >= 15 is 0 Å². The van der Waals surface area contributed by atoms with Gasteiger partial charge >= 0.3 is 0 Å². The second kappa shape index (κ2) is 6.41. The Morgan fingerprint density at radius 1 is 1.19 bits per heavy atom. The lowest BCUT2D eigenvalue weighted by molar-refractivity contribution is 0.0988. The Hall–Kier alpha value is -2.33. The lowest BCUT2D eigenvalue weighted by Gasteiger charge is -2.23. The van der Waals surface area contributed by atoms with Gasteiger partial charge in [-0.2, -0.15) is 0 Å². The summed E-state index contributed by atoms with van der Waals surface area (Å²) < 4.78 is 0. The molecule has 0 aliphatic carbocycles. The molecule has 0 unspecified atom stereocenters. The molecule has 0 saturated carbocycles. The zero-order valence-corrected chi connectivity index (χ0v) is 12.3. The van der Waals surface area contributed by atoms with Crippen molar-refractivity contribution in [1.82, 2.24) is 0 Å². The number of hydrogen-bond donors (Lipinski definition) is 2. The predicted octanol–water partition coefficient (Wildman–Crippen LogP) is 2.83. The third kappa shape index (κ3) is 3.23. The molecule has 21 heavy (non-hydrogen) atoms. The monoisotopic (exact) mass is 284 g/mol. The fraction of sp³-hybridized carbons (Fsp3) is 0.235. The normalized spacial score (nSPS) is 10.4. The van der Waals surface area contributed by atoms with E-state index in [0.717, 1.165) is 16.8 Å². The van der Waals surface area contributed by atoms with E-state index < -0.39 is 0 Å². The minimum atomic E-state index is -0.0882. The Morgan fingerprint density at radius 3 is 2.43 bits per heavy atom. The highest BCUT2D eigenvalue weighted by Gasteiger charge is 2.18. The summed E-state index contributed by atoms with van der Waals surface area (Å²) in [4.78, 5) is 14.3. The van der Waals surface area contributed by atoms with Crippen molar-refractivity contribution >= 4 is 11.6 Å². The molecule has 1 amide bonds. The molecular weight excluding hydrogens is 264 g/mol. The van der Waals surface area contributed by atoms with E-state index in [0.29, 0.717) is 18.7 Å². The van der Waals surface area contributed by atoms with Crippen LogP contribution in [0.3, 0.4) is 0 Å². The number of phenols is 1. The minimum absolute atomic E-state index is 0.0882. The lowest BCUT2D eigenvalue weighted by Crippen LogP contribution is -2.31. The summed E-state index contributed by atoms with van der Waals surface area (Å²) in [5, 5.41) is 9.65. The van der Waals surface area contributed by atoms with E-state index in [1.165, 1.54) is 0 Å². The third-order valence-corrected chi connectivity index (χ3v) is 3.48. The standard InChI is InChI=1S/C17H20N2O2/c1-3-19(16-10-15(20)9-4-12(16)2)17(21)14-7-5-13(11-18)6-8-14/h4-10,20H,3,11,18H2,1-2H3. The van der Waals surface area contributed by atoms with Gasteiger partial charge in [-0.15, -0.1) is 0 Å². The highest BCUT2D eigenvalue weighted by Crippen LogP contribution is 2.26. The van der Waals surface area contributed by atoms with Crippen LogP contribution in [-0.2, 0) is 6.54 Å². The molecular formula is C17H20N2O2. The molecule has 0 spiro atoms. The molecule has 4 heteroatoms. The van der Waals surface area contributed by atoms with Crippen LogP contribution < -0.4 is 10.6 Å². The van der Waals surface area contributed by atoms with Crippen molar-refractivity contribution in [2.24, 2.45) is 5.73 Å². The first-order valence-corrected chi connectivity index (χ1v) is 6.97. The zero-order chi connectivity index (χ0) is 15.4. The van der Waals surface area contributed by atoms with Gasteiger partial charge in [-0.3, -0.25) is 4.79 Å². The first-order chi connectivity index (χ1) is 10.1. The predicted molar refractivity (Wildman–Crippen MR) is 84.5 cm³/mol. The van der Waals surface area contributed by atoms with Crippen molar-refractivity contribution < 1.29 is 9.90 Å². The maximum atomic E-state index is 12.7. The molecule has 0 atom stereocenters. The maximum Gasteiger partial charge on any atom is 0.258 e.